The van der Waals surface area contributed by atoms with Gasteiger partial charge < -0.3 is 9.41 Å². The normalized spacial score (nSPS) is 12.8. The van der Waals surface area contributed by atoms with Crippen molar-refractivity contribution in [2.24, 2.45) is 0 Å². The van der Waals surface area contributed by atoms with E-state index in [0.717, 1.165) is 29.6 Å². The summed E-state index contributed by atoms with van der Waals surface area (Å²) in [5.74, 6) is 0. The van der Waals surface area contributed by atoms with Crippen LogP contribution in [0, 0.1) is 4.64 Å². The SMILES string of the molecule is CC(C)(C)[Si](C)(C)OCCCc1cc2ccccc2[nH]c1=S. The topological polar surface area (TPSA) is 25.0 Å². The van der Waals surface area contributed by atoms with Crippen molar-refractivity contribution in [2.45, 2.75) is 51.7 Å². The Hall–Kier alpha value is -0.973. The number of para-hydroxylation sites is 1. The van der Waals surface area contributed by atoms with Gasteiger partial charge in [0.05, 0.1) is 0 Å². The van der Waals surface area contributed by atoms with Crippen LogP contribution in [0.4, 0.5) is 0 Å². The summed E-state index contributed by atoms with van der Waals surface area (Å²) in [5, 5.41) is 1.49. The van der Waals surface area contributed by atoms with Gasteiger partial charge in [0.15, 0.2) is 8.32 Å². The second kappa shape index (κ2) is 6.65. The number of hydrogen-bond acceptors (Lipinski definition) is 2. The van der Waals surface area contributed by atoms with Crippen molar-refractivity contribution in [3.8, 4) is 0 Å². The lowest BCUT2D eigenvalue weighted by Crippen LogP contribution is -2.41. The van der Waals surface area contributed by atoms with Gasteiger partial charge in [0, 0.05) is 12.1 Å². The van der Waals surface area contributed by atoms with Gasteiger partial charge in [0.1, 0.15) is 4.64 Å². The van der Waals surface area contributed by atoms with Crippen molar-refractivity contribution in [2.75, 3.05) is 6.61 Å². The Bertz CT molecular complexity index is 700. The van der Waals surface area contributed by atoms with E-state index in [9.17, 15) is 0 Å². The molecule has 0 bridgehead atoms. The quantitative estimate of drug-likeness (QED) is 0.421. The number of aromatic nitrogens is 1. The first-order valence-electron chi connectivity index (χ1n) is 7.96. The summed E-state index contributed by atoms with van der Waals surface area (Å²) in [6.45, 7) is 12.2. The maximum atomic E-state index is 6.24. The van der Waals surface area contributed by atoms with E-state index in [0.29, 0.717) is 0 Å². The molecule has 0 aliphatic carbocycles. The first kappa shape index (κ1) is 17.4. The zero-order chi connectivity index (χ0) is 16.4. The molecular weight excluding hydrogens is 306 g/mol. The number of aryl methyl sites for hydroxylation is 1. The molecular formula is C18H27NOSSi. The monoisotopic (exact) mass is 333 g/mol. The number of aromatic amines is 1. The lowest BCUT2D eigenvalue weighted by atomic mass is 10.1. The van der Waals surface area contributed by atoms with E-state index in [1.165, 1.54) is 10.9 Å². The van der Waals surface area contributed by atoms with Crippen LogP contribution in [-0.4, -0.2) is 19.9 Å². The Labute approximate surface area is 140 Å². The van der Waals surface area contributed by atoms with E-state index in [2.05, 4.69) is 63.1 Å². The van der Waals surface area contributed by atoms with Gasteiger partial charge in [-0.2, -0.15) is 0 Å². The Kier molecular flexibility index (Phi) is 5.25. The average molecular weight is 334 g/mol. The van der Waals surface area contributed by atoms with Crippen LogP contribution < -0.4 is 0 Å². The molecule has 0 aliphatic rings. The molecule has 1 aromatic heterocycles. The Balaban J connectivity index is 1.98. The summed E-state index contributed by atoms with van der Waals surface area (Å²) >= 11 is 5.47. The molecule has 1 heterocycles. The highest BCUT2D eigenvalue weighted by Gasteiger charge is 2.36. The molecule has 0 spiro atoms. The first-order chi connectivity index (χ1) is 10.2. The Morgan fingerprint density at radius 2 is 1.86 bits per heavy atom. The van der Waals surface area contributed by atoms with E-state index in [1.807, 2.05) is 6.07 Å². The van der Waals surface area contributed by atoms with Crippen LogP contribution in [0.2, 0.25) is 18.1 Å². The van der Waals surface area contributed by atoms with Gasteiger partial charge >= 0.3 is 0 Å². The fourth-order valence-corrected chi connectivity index (χ4v) is 3.54. The molecule has 0 unspecified atom stereocenters. The third-order valence-electron chi connectivity index (χ3n) is 4.69. The molecule has 1 N–H and O–H groups in total. The summed E-state index contributed by atoms with van der Waals surface area (Å²) in [6, 6.07) is 10.5. The van der Waals surface area contributed by atoms with Crippen LogP contribution >= 0.6 is 12.2 Å². The van der Waals surface area contributed by atoms with Crippen molar-refractivity contribution >= 4 is 31.4 Å². The van der Waals surface area contributed by atoms with Gasteiger partial charge in [-0.15, -0.1) is 0 Å². The maximum absolute atomic E-state index is 6.24. The van der Waals surface area contributed by atoms with Gasteiger partial charge in [-0.25, -0.2) is 0 Å². The van der Waals surface area contributed by atoms with E-state index in [4.69, 9.17) is 16.6 Å². The van der Waals surface area contributed by atoms with Crippen molar-refractivity contribution in [3.05, 3.63) is 40.5 Å². The van der Waals surface area contributed by atoms with E-state index in [-0.39, 0.29) is 5.04 Å². The minimum absolute atomic E-state index is 0.271. The first-order valence-corrected chi connectivity index (χ1v) is 11.3. The van der Waals surface area contributed by atoms with Crippen LogP contribution in [-0.2, 0) is 10.8 Å². The molecule has 0 saturated carbocycles. The van der Waals surface area contributed by atoms with Crippen molar-refractivity contribution in [3.63, 3.8) is 0 Å². The average Bonchev–Trinajstić information content (AvgIpc) is 2.42. The number of nitrogens with one attached hydrogen (secondary N) is 1. The molecule has 1 aromatic carbocycles. The Morgan fingerprint density at radius 1 is 1.18 bits per heavy atom. The fraction of sp³-hybridized carbons (Fsp3) is 0.500. The molecule has 2 aromatic rings. The van der Waals surface area contributed by atoms with Gasteiger partial charge in [-0.05, 0) is 54.1 Å². The third-order valence-corrected chi connectivity index (χ3v) is 9.59. The van der Waals surface area contributed by atoms with Gasteiger partial charge in [-0.1, -0.05) is 51.2 Å². The highest BCUT2D eigenvalue weighted by Crippen LogP contribution is 2.36. The predicted molar refractivity (Wildman–Crippen MR) is 101 cm³/mol. The second-order valence-corrected chi connectivity index (χ2v) is 12.6. The van der Waals surface area contributed by atoms with Crippen LogP contribution in [0.3, 0.4) is 0 Å². The molecule has 0 saturated heterocycles. The third kappa shape index (κ3) is 4.06. The number of hydrogen-bond donors (Lipinski definition) is 1. The highest BCUT2D eigenvalue weighted by atomic mass is 32.1. The second-order valence-electron chi connectivity index (χ2n) is 7.42. The van der Waals surface area contributed by atoms with Gasteiger partial charge in [-0.3, -0.25) is 0 Å². The molecule has 0 radical (unpaired) electrons. The molecule has 4 heteroatoms. The number of benzene rings is 1. The molecule has 0 fully saturated rings. The van der Waals surface area contributed by atoms with Crippen molar-refractivity contribution in [1.29, 1.82) is 0 Å². The number of H-pyrrole nitrogens is 1. The Morgan fingerprint density at radius 3 is 2.55 bits per heavy atom. The van der Waals surface area contributed by atoms with E-state index < -0.39 is 8.32 Å². The molecule has 2 rings (SSSR count). The van der Waals surface area contributed by atoms with Crippen molar-refractivity contribution < 1.29 is 4.43 Å². The molecule has 22 heavy (non-hydrogen) atoms. The standard InChI is InChI=1S/C18H27NOSSi/c1-18(2,3)22(4,5)20-12-8-10-15-13-14-9-6-7-11-16(14)19-17(15)21/h6-7,9,11,13H,8,10,12H2,1-5H3,(H,19,21). The number of pyridine rings is 1. The minimum atomic E-state index is -1.63. The lowest BCUT2D eigenvalue weighted by molar-refractivity contribution is 0.282. The molecule has 0 amide bonds. The fourth-order valence-electron chi connectivity index (χ4n) is 2.18. The highest BCUT2D eigenvalue weighted by molar-refractivity contribution is 7.71. The van der Waals surface area contributed by atoms with Crippen LogP contribution in [0.15, 0.2) is 30.3 Å². The van der Waals surface area contributed by atoms with Crippen LogP contribution in [0.5, 0.6) is 0 Å². The van der Waals surface area contributed by atoms with Gasteiger partial charge in [0.25, 0.3) is 0 Å². The molecule has 0 aliphatic heterocycles. The molecule has 2 nitrogen and oxygen atoms in total. The predicted octanol–water partition coefficient (Wildman–Crippen LogP) is 5.85. The lowest BCUT2D eigenvalue weighted by Gasteiger charge is -2.36. The zero-order valence-corrected chi connectivity index (χ0v) is 16.1. The molecule has 120 valence electrons. The maximum Gasteiger partial charge on any atom is 0.191 e. The van der Waals surface area contributed by atoms with Crippen LogP contribution in [0.1, 0.15) is 32.8 Å². The largest absolute Gasteiger partial charge is 0.417 e. The summed E-state index contributed by atoms with van der Waals surface area (Å²) < 4.78 is 7.09. The molecule has 0 atom stereocenters. The zero-order valence-electron chi connectivity index (χ0n) is 14.3. The van der Waals surface area contributed by atoms with E-state index in [1.54, 1.807) is 0 Å². The number of rotatable bonds is 5. The smallest absolute Gasteiger partial charge is 0.191 e. The minimum Gasteiger partial charge on any atom is -0.417 e. The summed E-state index contributed by atoms with van der Waals surface area (Å²) in [7, 11) is -1.63. The van der Waals surface area contributed by atoms with Crippen molar-refractivity contribution in [1.82, 2.24) is 4.98 Å². The summed E-state index contributed by atoms with van der Waals surface area (Å²) in [6.07, 6.45) is 1.98. The summed E-state index contributed by atoms with van der Waals surface area (Å²) in [4.78, 5) is 3.32. The van der Waals surface area contributed by atoms with Gasteiger partial charge in [0.2, 0.25) is 0 Å². The van der Waals surface area contributed by atoms with Crippen LogP contribution in [0.25, 0.3) is 10.9 Å². The summed E-state index contributed by atoms with van der Waals surface area (Å²) in [5.41, 5.74) is 2.32. The van der Waals surface area contributed by atoms with E-state index >= 15 is 0 Å². The number of fused-ring (bicyclic) bond motifs is 1.